The van der Waals surface area contributed by atoms with Crippen molar-refractivity contribution >= 4 is 50.1 Å². The van der Waals surface area contributed by atoms with E-state index in [1.165, 1.54) is 0 Å². The van der Waals surface area contributed by atoms with Crippen molar-refractivity contribution in [3.8, 4) is 0 Å². The molecule has 0 amide bonds. The van der Waals surface area contributed by atoms with Crippen molar-refractivity contribution in [2.75, 3.05) is 0 Å². The van der Waals surface area contributed by atoms with E-state index in [1.54, 1.807) is 12.1 Å². The van der Waals surface area contributed by atoms with Gasteiger partial charge >= 0.3 is 0 Å². The van der Waals surface area contributed by atoms with Crippen molar-refractivity contribution in [1.82, 2.24) is 0 Å². The van der Waals surface area contributed by atoms with Gasteiger partial charge in [-0.15, -0.1) is 0 Å². The molecule has 2 N–H and O–H groups in total. The van der Waals surface area contributed by atoms with E-state index in [2.05, 4.69) is 15.9 Å². The molecule has 0 saturated carbocycles. The molecule has 0 aliphatic rings. The van der Waals surface area contributed by atoms with E-state index in [4.69, 9.17) is 33.4 Å². The number of hydrogen-bond acceptors (Lipinski definition) is 2. The van der Waals surface area contributed by atoms with Crippen LogP contribution in [0.2, 0.25) is 10.0 Å². The maximum Gasteiger partial charge on any atom is 0.134 e. The summed E-state index contributed by atoms with van der Waals surface area (Å²) in [6, 6.07) is 10.9. The second-order valence-corrected chi connectivity index (χ2v) is 6.61. The maximum atomic E-state index is 6.33. The lowest BCUT2D eigenvalue weighted by Crippen LogP contribution is -2.12. The molecule has 0 spiro atoms. The number of aryl methyl sites for hydroxylation is 1. The first-order valence-corrected chi connectivity index (χ1v) is 7.91. The van der Waals surface area contributed by atoms with Crippen LogP contribution in [0.25, 0.3) is 11.0 Å². The van der Waals surface area contributed by atoms with Crippen molar-refractivity contribution in [2.45, 2.75) is 13.0 Å². The first kappa shape index (κ1) is 14.9. The topological polar surface area (TPSA) is 39.2 Å². The highest BCUT2D eigenvalue weighted by molar-refractivity contribution is 9.10. The number of rotatable bonds is 2. The van der Waals surface area contributed by atoms with E-state index < -0.39 is 0 Å². The third-order valence-corrected chi connectivity index (χ3v) is 4.75. The van der Waals surface area contributed by atoms with Gasteiger partial charge in [0.15, 0.2) is 0 Å². The smallest absolute Gasteiger partial charge is 0.134 e. The van der Waals surface area contributed by atoms with E-state index in [9.17, 15) is 0 Å². The number of furan rings is 1. The van der Waals surface area contributed by atoms with Crippen LogP contribution in [0.5, 0.6) is 0 Å². The first-order chi connectivity index (χ1) is 9.97. The summed E-state index contributed by atoms with van der Waals surface area (Å²) >= 11 is 15.5. The van der Waals surface area contributed by atoms with Crippen LogP contribution in [-0.4, -0.2) is 0 Å². The molecule has 3 rings (SSSR count). The molecule has 2 aromatic carbocycles. The van der Waals surface area contributed by atoms with Crippen LogP contribution in [0, 0.1) is 6.92 Å². The Labute approximate surface area is 141 Å². The molecule has 108 valence electrons. The van der Waals surface area contributed by atoms with Crippen molar-refractivity contribution in [3.05, 3.63) is 67.8 Å². The van der Waals surface area contributed by atoms with Crippen LogP contribution in [-0.2, 0) is 0 Å². The van der Waals surface area contributed by atoms with E-state index in [0.717, 1.165) is 32.3 Å². The summed E-state index contributed by atoms with van der Waals surface area (Å²) in [5.74, 6) is 0.737. The Morgan fingerprint density at radius 3 is 2.57 bits per heavy atom. The van der Waals surface area contributed by atoms with Gasteiger partial charge in [-0.05, 0) is 42.8 Å². The minimum atomic E-state index is -0.383. The quantitative estimate of drug-likeness (QED) is 0.601. The molecule has 1 aromatic heterocycles. The summed E-state index contributed by atoms with van der Waals surface area (Å²) in [6.07, 6.45) is 0. The van der Waals surface area contributed by atoms with Gasteiger partial charge in [-0.1, -0.05) is 45.2 Å². The van der Waals surface area contributed by atoms with Gasteiger partial charge in [0.2, 0.25) is 0 Å². The Morgan fingerprint density at radius 2 is 1.86 bits per heavy atom. The number of fused-ring (bicyclic) bond motifs is 1. The van der Waals surface area contributed by atoms with E-state index in [0.29, 0.717) is 10.0 Å². The number of benzene rings is 2. The third-order valence-electron chi connectivity index (χ3n) is 3.52. The molecule has 0 saturated heterocycles. The standard InChI is InChI=1S/C16H12BrCl2NO/c1-8-11-7-10(17)3-5-14(11)21-16(8)15(20)9-2-4-12(18)13(19)6-9/h2-7,15H,20H2,1H3. The average molecular weight is 385 g/mol. The van der Waals surface area contributed by atoms with Gasteiger partial charge in [-0.25, -0.2) is 0 Å². The second kappa shape index (κ2) is 5.65. The average Bonchev–Trinajstić information content (AvgIpc) is 2.78. The number of hydrogen-bond donors (Lipinski definition) is 1. The summed E-state index contributed by atoms with van der Waals surface area (Å²) in [7, 11) is 0. The van der Waals surface area contributed by atoms with Crippen molar-refractivity contribution in [1.29, 1.82) is 0 Å². The Kier molecular flexibility index (Phi) is 4.02. The van der Waals surface area contributed by atoms with Gasteiger partial charge in [-0.2, -0.15) is 0 Å². The zero-order chi connectivity index (χ0) is 15.1. The van der Waals surface area contributed by atoms with Crippen LogP contribution in [0.4, 0.5) is 0 Å². The molecule has 0 fully saturated rings. The number of nitrogens with two attached hydrogens (primary N) is 1. The van der Waals surface area contributed by atoms with Gasteiger partial charge in [-0.3, -0.25) is 0 Å². The number of halogens is 3. The van der Waals surface area contributed by atoms with Gasteiger partial charge in [0.05, 0.1) is 16.1 Å². The van der Waals surface area contributed by atoms with Crippen LogP contribution in [0.1, 0.15) is 22.9 Å². The van der Waals surface area contributed by atoms with Crippen molar-refractivity contribution < 1.29 is 4.42 Å². The molecule has 0 radical (unpaired) electrons. The first-order valence-electron chi connectivity index (χ1n) is 6.36. The molecular formula is C16H12BrCl2NO. The lowest BCUT2D eigenvalue weighted by Gasteiger charge is -2.11. The zero-order valence-corrected chi connectivity index (χ0v) is 14.3. The largest absolute Gasteiger partial charge is 0.459 e. The lowest BCUT2D eigenvalue weighted by molar-refractivity contribution is 0.521. The van der Waals surface area contributed by atoms with Crippen LogP contribution < -0.4 is 5.73 Å². The molecule has 0 aliphatic heterocycles. The molecule has 3 aromatic rings. The SMILES string of the molecule is Cc1c(C(N)c2ccc(Cl)c(Cl)c2)oc2ccc(Br)cc12. The summed E-state index contributed by atoms with van der Waals surface area (Å²) in [5, 5.41) is 2.05. The monoisotopic (exact) mass is 383 g/mol. The summed E-state index contributed by atoms with van der Waals surface area (Å²) in [5.41, 5.74) is 9.05. The Balaban J connectivity index is 2.10. The Bertz CT molecular complexity index is 829. The van der Waals surface area contributed by atoms with Crippen molar-refractivity contribution in [3.63, 3.8) is 0 Å². The van der Waals surface area contributed by atoms with E-state index in [1.807, 2.05) is 31.2 Å². The lowest BCUT2D eigenvalue weighted by atomic mass is 10.0. The van der Waals surface area contributed by atoms with Gasteiger partial charge in [0, 0.05) is 15.4 Å². The predicted octanol–water partition coefficient (Wildman–Crippen LogP) is 5.86. The molecule has 0 bridgehead atoms. The second-order valence-electron chi connectivity index (χ2n) is 4.88. The fourth-order valence-electron chi connectivity index (χ4n) is 2.37. The molecule has 5 heteroatoms. The van der Waals surface area contributed by atoms with Gasteiger partial charge < -0.3 is 10.2 Å². The molecular weight excluding hydrogens is 373 g/mol. The van der Waals surface area contributed by atoms with E-state index in [-0.39, 0.29) is 6.04 Å². The minimum Gasteiger partial charge on any atom is -0.459 e. The van der Waals surface area contributed by atoms with Crippen LogP contribution in [0.3, 0.4) is 0 Å². The van der Waals surface area contributed by atoms with E-state index >= 15 is 0 Å². The fourth-order valence-corrected chi connectivity index (χ4v) is 3.03. The fraction of sp³-hybridized carbons (Fsp3) is 0.125. The summed E-state index contributed by atoms with van der Waals surface area (Å²) in [6.45, 7) is 2.00. The van der Waals surface area contributed by atoms with Gasteiger partial charge in [0.25, 0.3) is 0 Å². The molecule has 1 heterocycles. The highest BCUT2D eigenvalue weighted by Crippen LogP contribution is 2.34. The Hall–Kier alpha value is -1.000. The molecule has 1 atom stereocenters. The van der Waals surface area contributed by atoms with Crippen LogP contribution >= 0.6 is 39.1 Å². The predicted molar refractivity (Wildman–Crippen MR) is 91.1 cm³/mol. The molecule has 21 heavy (non-hydrogen) atoms. The van der Waals surface area contributed by atoms with Crippen LogP contribution in [0.15, 0.2) is 45.3 Å². The zero-order valence-electron chi connectivity index (χ0n) is 11.2. The summed E-state index contributed by atoms with van der Waals surface area (Å²) < 4.78 is 6.93. The highest BCUT2D eigenvalue weighted by Gasteiger charge is 2.19. The minimum absolute atomic E-state index is 0.383. The molecule has 2 nitrogen and oxygen atoms in total. The Morgan fingerprint density at radius 1 is 1.10 bits per heavy atom. The third kappa shape index (κ3) is 2.71. The normalized spacial score (nSPS) is 12.8. The molecule has 0 aliphatic carbocycles. The molecule has 1 unspecified atom stereocenters. The summed E-state index contributed by atoms with van der Waals surface area (Å²) in [4.78, 5) is 0. The van der Waals surface area contributed by atoms with Gasteiger partial charge in [0.1, 0.15) is 11.3 Å². The van der Waals surface area contributed by atoms with Crippen molar-refractivity contribution in [2.24, 2.45) is 5.73 Å². The maximum absolute atomic E-state index is 6.33. The highest BCUT2D eigenvalue weighted by atomic mass is 79.9.